The predicted octanol–water partition coefficient (Wildman–Crippen LogP) is 2.64. The molecule has 1 aliphatic rings. The Kier molecular flexibility index (Phi) is 4.44. The van der Waals surface area contributed by atoms with Gasteiger partial charge < -0.3 is 4.90 Å². The minimum absolute atomic E-state index is 0.722. The molecule has 0 saturated carbocycles. The van der Waals surface area contributed by atoms with Crippen LogP contribution in [0.1, 0.15) is 25.0 Å². The Labute approximate surface area is 116 Å². The van der Waals surface area contributed by atoms with E-state index >= 15 is 0 Å². The lowest BCUT2D eigenvalue weighted by Crippen LogP contribution is -2.47. The van der Waals surface area contributed by atoms with Crippen molar-refractivity contribution in [2.45, 2.75) is 20.8 Å². The van der Waals surface area contributed by atoms with Crippen LogP contribution in [0.3, 0.4) is 0 Å². The highest BCUT2D eigenvalue weighted by molar-refractivity contribution is 5.60. The molecule has 0 radical (unpaired) electrons. The molecule has 102 valence electrons. The maximum Gasteiger partial charge on any atom is 0.101 e. The molecule has 0 bridgehead atoms. The smallest absolute Gasteiger partial charge is 0.101 e. The fraction of sp³-hybridized carbons (Fsp3) is 0.562. The highest BCUT2D eigenvalue weighted by atomic mass is 15.3. The van der Waals surface area contributed by atoms with Crippen molar-refractivity contribution in [3.05, 3.63) is 29.3 Å². The Morgan fingerprint density at radius 1 is 1.21 bits per heavy atom. The lowest BCUT2D eigenvalue weighted by atomic mass is 10.1. The van der Waals surface area contributed by atoms with Crippen molar-refractivity contribution in [3.8, 4) is 6.07 Å². The van der Waals surface area contributed by atoms with Crippen LogP contribution in [-0.2, 0) is 0 Å². The molecular weight excluding hydrogens is 234 g/mol. The van der Waals surface area contributed by atoms with Crippen molar-refractivity contribution in [1.29, 1.82) is 5.26 Å². The molecule has 1 aliphatic heterocycles. The Hall–Kier alpha value is -1.53. The molecule has 0 aromatic heterocycles. The lowest BCUT2D eigenvalue weighted by Gasteiger charge is -2.37. The van der Waals surface area contributed by atoms with Crippen LogP contribution in [0.2, 0.25) is 0 Å². The highest BCUT2D eigenvalue weighted by Gasteiger charge is 2.19. The summed E-state index contributed by atoms with van der Waals surface area (Å²) in [5, 5.41) is 9.22. The van der Waals surface area contributed by atoms with E-state index in [1.165, 1.54) is 12.1 Å². The number of nitrogens with zero attached hydrogens (tertiary/aromatic N) is 3. The van der Waals surface area contributed by atoms with Crippen LogP contribution >= 0.6 is 0 Å². The number of benzene rings is 1. The van der Waals surface area contributed by atoms with Crippen molar-refractivity contribution >= 4 is 5.69 Å². The van der Waals surface area contributed by atoms with E-state index in [2.05, 4.69) is 42.7 Å². The van der Waals surface area contributed by atoms with Crippen LogP contribution in [0.4, 0.5) is 5.69 Å². The number of piperazine rings is 1. The first kappa shape index (κ1) is 13.9. The van der Waals surface area contributed by atoms with E-state index in [-0.39, 0.29) is 0 Å². The summed E-state index contributed by atoms with van der Waals surface area (Å²) in [6.07, 6.45) is 0. The maximum absolute atomic E-state index is 9.22. The Balaban J connectivity index is 2.05. The Bertz CT molecular complexity index is 465. The average molecular weight is 257 g/mol. The van der Waals surface area contributed by atoms with Gasteiger partial charge in [0, 0.05) is 32.7 Å². The summed E-state index contributed by atoms with van der Waals surface area (Å²) in [7, 11) is 0. The average Bonchev–Trinajstić information content (AvgIpc) is 2.39. The van der Waals surface area contributed by atoms with Gasteiger partial charge in [0.25, 0.3) is 0 Å². The molecule has 1 heterocycles. The van der Waals surface area contributed by atoms with Gasteiger partial charge >= 0.3 is 0 Å². The zero-order valence-electron chi connectivity index (χ0n) is 12.2. The van der Waals surface area contributed by atoms with E-state index in [9.17, 15) is 5.26 Å². The van der Waals surface area contributed by atoms with Gasteiger partial charge in [-0.15, -0.1) is 0 Å². The summed E-state index contributed by atoms with van der Waals surface area (Å²) in [5.41, 5.74) is 3.12. The van der Waals surface area contributed by atoms with Gasteiger partial charge in [-0.05, 0) is 30.5 Å². The van der Waals surface area contributed by atoms with Gasteiger partial charge in [0.1, 0.15) is 6.07 Å². The molecule has 1 fully saturated rings. The molecule has 3 nitrogen and oxygen atoms in total. The van der Waals surface area contributed by atoms with Crippen LogP contribution in [0.15, 0.2) is 18.2 Å². The molecular formula is C16H23N3. The first-order chi connectivity index (χ1) is 9.10. The molecule has 2 rings (SSSR count). The molecule has 0 aliphatic carbocycles. The van der Waals surface area contributed by atoms with Gasteiger partial charge in [0.2, 0.25) is 0 Å². The largest absolute Gasteiger partial charge is 0.368 e. The minimum atomic E-state index is 0.722. The number of hydrogen-bond donors (Lipinski definition) is 0. The quantitative estimate of drug-likeness (QED) is 0.834. The molecule has 0 atom stereocenters. The van der Waals surface area contributed by atoms with Crippen LogP contribution in [0.25, 0.3) is 0 Å². The molecule has 0 spiro atoms. The number of rotatable bonds is 3. The van der Waals surface area contributed by atoms with Crippen molar-refractivity contribution in [3.63, 3.8) is 0 Å². The number of anilines is 1. The second-order valence-electron chi connectivity index (χ2n) is 5.81. The third-order valence-electron chi connectivity index (χ3n) is 3.61. The van der Waals surface area contributed by atoms with Gasteiger partial charge in [-0.1, -0.05) is 19.9 Å². The minimum Gasteiger partial charge on any atom is -0.368 e. The Morgan fingerprint density at radius 3 is 2.47 bits per heavy atom. The van der Waals surface area contributed by atoms with Crippen LogP contribution < -0.4 is 4.90 Å². The third kappa shape index (κ3) is 3.48. The summed E-state index contributed by atoms with van der Waals surface area (Å²) in [6.45, 7) is 12.0. The summed E-state index contributed by atoms with van der Waals surface area (Å²) >= 11 is 0. The first-order valence-electron chi connectivity index (χ1n) is 7.08. The van der Waals surface area contributed by atoms with Gasteiger partial charge in [-0.3, -0.25) is 4.90 Å². The van der Waals surface area contributed by atoms with E-state index in [0.29, 0.717) is 0 Å². The monoisotopic (exact) mass is 257 g/mol. The standard InChI is InChI=1S/C16H23N3/c1-13(2)12-18-6-8-19(9-7-18)16-10-14(3)4-5-15(16)11-17/h4-5,10,13H,6-9,12H2,1-3H3. The second-order valence-corrected chi connectivity index (χ2v) is 5.81. The fourth-order valence-corrected chi connectivity index (χ4v) is 2.69. The Morgan fingerprint density at radius 2 is 1.89 bits per heavy atom. The zero-order valence-corrected chi connectivity index (χ0v) is 12.2. The summed E-state index contributed by atoms with van der Waals surface area (Å²) in [6, 6.07) is 8.39. The van der Waals surface area contributed by atoms with E-state index in [1.54, 1.807) is 0 Å². The fourth-order valence-electron chi connectivity index (χ4n) is 2.69. The van der Waals surface area contributed by atoms with Crippen LogP contribution in [0, 0.1) is 24.2 Å². The zero-order chi connectivity index (χ0) is 13.8. The first-order valence-corrected chi connectivity index (χ1v) is 7.08. The second kappa shape index (κ2) is 6.08. The van der Waals surface area contributed by atoms with Gasteiger partial charge in [-0.2, -0.15) is 5.26 Å². The van der Waals surface area contributed by atoms with E-state index in [1.807, 2.05) is 12.1 Å². The molecule has 0 amide bonds. The maximum atomic E-state index is 9.22. The topological polar surface area (TPSA) is 30.3 Å². The highest BCUT2D eigenvalue weighted by Crippen LogP contribution is 2.23. The molecule has 1 aromatic carbocycles. The summed E-state index contributed by atoms with van der Waals surface area (Å²) in [4.78, 5) is 4.87. The van der Waals surface area contributed by atoms with Crippen LogP contribution in [0.5, 0.6) is 0 Å². The molecule has 1 aromatic rings. The number of aryl methyl sites for hydroxylation is 1. The van der Waals surface area contributed by atoms with Gasteiger partial charge in [-0.25, -0.2) is 0 Å². The van der Waals surface area contributed by atoms with Crippen molar-refractivity contribution < 1.29 is 0 Å². The van der Waals surface area contributed by atoms with Gasteiger partial charge in [0.05, 0.1) is 11.3 Å². The molecule has 0 unspecified atom stereocenters. The number of nitriles is 1. The van der Waals surface area contributed by atoms with Crippen LogP contribution in [-0.4, -0.2) is 37.6 Å². The molecule has 0 N–H and O–H groups in total. The SMILES string of the molecule is Cc1ccc(C#N)c(N2CCN(CC(C)C)CC2)c1. The molecule has 1 saturated heterocycles. The van der Waals surface area contributed by atoms with E-state index in [0.717, 1.165) is 43.3 Å². The van der Waals surface area contributed by atoms with Crippen molar-refractivity contribution in [2.75, 3.05) is 37.6 Å². The molecule has 19 heavy (non-hydrogen) atoms. The normalized spacial score (nSPS) is 16.7. The van der Waals surface area contributed by atoms with E-state index < -0.39 is 0 Å². The summed E-state index contributed by atoms with van der Waals surface area (Å²) < 4.78 is 0. The van der Waals surface area contributed by atoms with Crippen molar-refractivity contribution in [2.24, 2.45) is 5.92 Å². The molecule has 3 heteroatoms. The van der Waals surface area contributed by atoms with Crippen molar-refractivity contribution in [1.82, 2.24) is 4.90 Å². The number of hydrogen-bond acceptors (Lipinski definition) is 3. The van der Waals surface area contributed by atoms with Gasteiger partial charge in [0.15, 0.2) is 0 Å². The lowest BCUT2D eigenvalue weighted by molar-refractivity contribution is 0.231. The summed E-state index contributed by atoms with van der Waals surface area (Å²) in [5.74, 6) is 0.722. The predicted molar refractivity (Wildman–Crippen MR) is 79.4 cm³/mol. The third-order valence-corrected chi connectivity index (χ3v) is 3.61. The van der Waals surface area contributed by atoms with E-state index in [4.69, 9.17) is 0 Å².